The van der Waals surface area contributed by atoms with E-state index in [2.05, 4.69) is 39.0 Å². The van der Waals surface area contributed by atoms with Crippen molar-refractivity contribution in [1.29, 1.82) is 0 Å². The highest BCUT2D eigenvalue weighted by Crippen LogP contribution is 2.18. The van der Waals surface area contributed by atoms with Crippen LogP contribution in [0.1, 0.15) is 18.5 Å². The summed E-state index contributed by atoms with van der Waals surface area (Å²) < 4.78 is 31.2. The molecular formula is C20H30N4O3S. The number of imidazole rings is 1. The molecule has 3 rings (SSSR count). The molecule has 2 heterocycles. The largest absolute Gasteiger partial charge is 0.385 e. The van der Waals surface area contributed by atoms with E-state index < -0.39 is 9.84 Å². The minimum atomic E-state index is -3.36. The fourth-order valence-corrected chi connectivity index (χ4v) is 4.53. The van der Waals surface area contributed by atoms with Crippen LogP contribution in [-0.4, -0.2) is 69.0 Å². The maximum Gasteiger partial charge on any atom is 0.227 e. The first-order valence-corrected chi connectivity index (χ1v) is 11.6. The summed E-state index contributed by atoms with van der Waals surface area (Å²) in [4.78, 5) is 9.02. The molecule has 1 aromatic heterocycles. The van der Waals surface area contributed by atoms with Crippen molar-refractivity contribution in [3.63, 3.8) is 0 Å². The molecule has 1 aromatic carbocycles. The van der Waals surface area contributed by atoms with Gasteiger partial charge in [0.15, 0.2) is 0 Å². The Kier molecular flexibility index (Phi) is 7.09. The maximum atomic E-state index is 12.1. The van der Waals surface area contributed by atoms with Gasteiger partial charge in [0.1, 0.15) is 0 Å². The molecule has 0 unspecified atom stereocenters. The molecule has 0 aliphatic carbocycles. The summed E-state index contributed by atoms with van der Waals surface area (Å²) in [5.74, 6) is 0. The number of anilines is 1. The monoisotopic (exact) mass is 406 g/mol. The van der Waals surface area contributed by atoms with Crippen LogP contribution in [-0.2, 0) is 27.7 Å². The van der Waals surface area contributed by atoms with Crippen LogP contribution >= 0.6 is 0 Å². The number of para-hydroxylation sites is 1. The molecule has 28 heavy (non-hydrogen) atoms. The number of sulfone groups is 1. The molecule has 0 saturated carbocycles. The van der Waals surface area contributed by atoms with Crippen molar-refractivity contribution in [3.8, 4) is 0 Å². The van der Waals surface area contributed by atoms with Crippen molar-refractivity contribution >= 4 is 15.5 Å². The van der Waals surface area contributed by atoms with Crippen molar-refractivity contribution in [3.05, 3.63) is 42.2 Å². The summed E-state index contributed by atoms with van der Waals surface area (Å²) in [5.41, 5.74) is 2.21. The summed E-state index contributed by atoms with van der Waals surface area (Å²) >= 11 is 0. The molecule has 154 valence electrons. The number of nitrogens with zero attached hydrogens (tertiary/aromatic N) is 4. The van der Waals surface area contributed by atoms with Gasteiger partial charge in [0, 0.05) is 64.9 Å². The summed E-state index contributed by atoms with van der Waals surface area (Å²) in [5, 5.41) is 0.152. The lowest BCUT2D eigenvalue weighted by Crippen LogP contribution is -2.31. The SMILES string of the molecule is COCCCn1c(CN2CCCN(c3ccccc3)CC2)cnc1S(C)(=O)=O. The van der Waals surface area contributed by atoms with Gasteiger partial charge < -0.3 is 14.2 Å². The Balaban J connectivity index is 1.70. The second-order valence-electron chi connectivity index (χ2n) is 7.25. The van der Waals surface area contributed by atoms with E-state index in [4.69, 9.17) is 4.74 Å². The van der Waals surface area contributed by atoms with Crippen LogP contribution in [0.15, 0.2) is 41.7 Å². The fraction of sp³-hybridized carbons (Fsp3) is 0.550. The highest BCUT2D eigenvalue weighted by atomic mass is 32.2. The zero-order chi connectivity index (χ0) is 20.0. The number of methoxy groups -OCH3 is 1. The van der Waals surface area contributed by atoms with Crippen molar-refractivity contribution < 1.29 is 13.2 Å². The van der Waals surface area contributed by atoms with Gasteiger partial charge in [-0.1, -0.05) is 18.2 Å². The Morgan fingerprint density at radius 1 is 1.11 bits per heavy atom. The normalized spacial score (nSPS) is 16.3. The van der Waals surface area contributed by atoms with E-state index in [1.165, 1.54) is 11.9 Å². The van der Waals surface area contributed by atoms with E-state index >= 15 is 0 Å². The average molecular weight is 407 g/mol. The molecule has 1 fully saturated rings. The molecule has 1 aliphatic heterocycles. The van der Waals surface area contributed by atoms with E-state index in [9.17, 15) is 8.42 Å². The Bertz CT molecular complexity index is 852. The van der Waals surface area contributed by atoms with Crippen LogP contribution in [0.4, 0.5) is 5.69 Å². The first kappa shape index (κ1) is 20.8. The maximum absolute atomic E-state index is 12.1. The van der Waals surface area contributed by atoms with Gasteiger partial charge in [-0.15, -0.1) is 0 Å². The second kappa shape index (κ2) is 9.54. The molecule has 0 bridgehead atoms. The lowest BCUT2D eigenvalue weighted by molar-refractivity contribution is 0.188. The average Bonchev–Trinajstić information content (AvgIpc) is 2.93. The molecule has 0 spiro atoms. The van der Waals surface area contributed by atoms with Crippen LogP contribution in [0.25, 0.3) is 0 Å². The number of hydrogen-bond acceptors (Lipinski definition) is 6. The summed E-state index contributed by atoms with van der Waals surface area (Å²) in [6.45, 7) is 5.81. The zero-order valence-electron chi connectivity index (χ0n) is 16.7. The predicted octanol–water partition coefficient (Wildman–Crippen LogP) is 2.04. The molecule has 2 aromatic rings. The summed E-state index contributed by atoms with van der Waals surface area (Å²) in [6.07, 6.45) is 4.76. The molecule has 0 amide bonds. The number of aromatic nitrogens is 2. The van der Waals surface area contributed by atoms with Crippen molar-refractivity contribution in [2.45, 2.75) is 31.1 Å². The van der Waals surface area contributed by atoms with E-state index in [1.807, 2.05) is 10.6 Å². The van der Waals surface area contributed by atoms with Gasteiger partial charge in [-0.3, -0.25) is 4.90 Å². The molecular weight excluding hydrogens is 376 g/mol. The number of rotatable bonds is 8. The Labute approximate surface area is 167 Å². The fourth-order valence-electron chi connectivity index (χ4n) is 3.68. The standard InChI is InChI=1S/C20H30N4O3S/c1-27-15-7-12-24-19(16-21-20(24)28(2,25)26)17-22-10-6-11-23(14-13-22)18-8-4-3-5-9-18/h3-5,8-9,16H,6-7,10-15,17H2,1-2H3. The topological polar surface area (TPSA) is 67.7 Å². The van der Waals surface area contributed by atoms with E-state index in [0.29, 0.717) is 19.7 Å². The second-order valence-corrected chi connectivity index (χ2v) is 9.16. The molecule has 0 radical (unpaired) electrons. The van der Waals surface area contributed by atoms with Crippen LogP contribution in [0.2, 0.25) is 0 Å². The minimum Gasteiger partial charge on any atom is -0.385 e. The van der Waals surface area contributed by atoms with Gasteiger partial charge in [-0.2, -0.15) is 0 Å². The lowest BCUT2D eigenvalue weighted by Gasteiger charge is -2.24. The van der Waals surface area contributed by atoms with Crippen LogP contribution in [0.3, 0.4) is 0 Å². The van der Waals surface area contributed by atoms with Gasteiger partial charge in [0.05, 0.1) is 11.9 Å². The van der Waals surface area contributed by atoms with Gasteiger partial charge in [-0.05, 0) is 25.0 Å². The molecule has 0 N–H and O–H groups in total. The zero-order valence-corrected chi connectivity index (χ0v) is 17.6. The van der Waals surface area contributed by atoms with Crippen molar-refractivity contribution in [2.75, 3.05) is 51.1 Å². The smallest absolute Gasteiger partial charge is 0.227 e. The van der Waals surface area contributed by atoms with Crippen LogP contribution in [0.5, 0.6) is 0 Å². The first-order valence-electron chi connectivity index (χ1n) is 9.75. The van der Waals surface area contributed by atoms with Gasteiger partial charge >= 0.3 is 0 Å². The van der Waals surface area contributed by atoms with Gasteiger partial charge in [0.2, 0.25) is 15.0 Å². The van der Waals surface area contributed by atoms with Crippen molar-refractivity contribution in [2.24, 2.45) is 0 Å². The lowest BCUT2D eigenvalue weighted by atomic mass is 10.3. The molecule has 1 saturated heterocycles. The summed E-state index contributed by atoms with van der Waals surface area (Å²) in [7, 11) is -1.70. The summed E-state index contributed by atoms with van der Waals surface area (Å²) in [6, 6.07) is 10.5. The highest BCUT2D eigenvalue weighted by molar-refractivity contribution is 7.90. The predicted molar refractivity (Wildman–Crippen MR) is 110 cm³/mol. The van der Waals surface area contributed by atoms with Gasteiger partial charge in [0.25, 0.3) is 0 Å². The van der Waals surface area contributed by atoms with Crippen molar-refractivity contribution in [1.82, 2.24) is 14.5 Å². The quantitative estimate of drug-likeness (QED) is 0.625. The highest BCUT2D eigenvalue weighted by Gasteiger charge is 2.21. The van der Waals surface area contributed by atoms with Crippen LogP contribution in [0, 0.1) is 0 Å². The Morgan fingerprint density at radius 3 is 2.61 bits per heavy atom. The third kappa shape index (κ3) is 5.33. The first-order chi connectivity index (χ1) is 13.5. The third-order valence-corrected chi connectivity index (χ3v) is 6.05. The molecule has 7 nitrogen and oxygen atoms in total. The molecule has 8 heteroatoms. The molecule has 0 atom stereocenters. The third-order valence-electron chi connectivity index (χ3n) is 5.06. The van der Waals surface area contributed by atoms with E-state index in [0.717, 1.165) is 44.7 Å². The van der Waals surface area contributed by atoms with E-state index in [-0.39, 0.29) is 5.16 Å². The molecule has 1 aliphatic rings. The Morgan fingerprint density at radius 2 is 1.89 bits per heavy atom. The number of benzene rings is 1. The Hall–Kier alpha value is -1.90. The van der Waals surface area contributed by atoms with Gasteiger partial charge in [-0.25, -0.2) is 13.4 Å². The minimum absolute atomic E-state index is 0.152. The van der Waals surface area contributed by atoms with Crippen LogP contribution < -0.4 is 4.90 Å². The van der Waals surface area contributed by atoms with E-state index in [1.54, 1.807) is 13.3 Å². The number of hydrogen-bond donors (Lipinski definition) is 0. The number of ether oxygens (including phenoxy) is 1.